The smallest absolute Gasteiger partial charge is 0.192 e. The molecule has 12 heteroatoms. The lowest BCUT2D eigenvalue weighted by molar-refractivity contribution is -0.0470. The molecule has 4 atom stereocenters. The Morgan fingerprint density at radius 3 is 1.74 bits per heavy atom. The van der Waals surface area contributed by atoms with Gasteiger partial charge >= 0.3 is 0 Å². The summed E-state index contributed by atoms with van der Waals surface area (Å²) in [6.45, 7) is 34.7. The summed E-state index contributed by atoms with van der Waals surface area (Å²) in [5.74, 6) is 0.769. The Hall–Kier alpha value is -1.16. The lowest BCUT2D eigenvalue weighted by Crippen LogP contribution is -2.54. The Morgan fingerprint density at radius 2 is 1.26 bits per heavy atom. The molecule has 1 saturated heterocycles. The molecule has 240 valence electrons. The van der Waals surface area contributed by atoms with Gasteiger partial charge in [-0.3, -0.25) is 4.57 Å². The Labute approximate surface area is 258 Å². The molecule has 1 aliphatic rings. The van der Waals surface area contributed by atoms with Crippen molar-refractivity contribution in [2.24, 2.45) is 0 Å². The first kappa shape index (κ1) is 35.3. The van der Waals surface area contributed by atoms with Gasteiger partial charge < -0.3 is 22.9 Å². The molecule has 0 unspecified atom stereocenters. The quantitative estimate of drug-likeness (QED) is 0.260. The van der Waals surface area contributed by atoms with Crippen LogP contribution >= 0.6 is 0 Å². The zero-order valence-corrected chi connectivity index (χ0v) is 32.5. The van der Waals surface area contributed by atoms with E-state index < -0.39 is 31.2 Å². The molecule has 9 nitrogen and oxygen atoms in total. The van der Waals surface area contributed by atoms with Gasteiger partial charge in [0, 0.05) is 14.1 Å². The Kier molecular flexibility index (Phi) is 9.79. The van der Waals surface area contributed by atoms with Crippen LogP contribution in [0.3, 0.4) is 0 Å². The van der Waals surface area contributed by atoms with Gasteiger partial charge in [-0.15, -0.1) is 0 Å². The first-order valence-electron chi connectivity index (χ1n) is 15.3. The lowest BCUT2D eigenvalue weighted by Gasteiger charge is -2.44. The molecule has 0 aromatic carbocycles. The predicted molar refractivity (Wildman–Crippen MR) is 181 cm³/mol. The lowest BCUT2D eigenvalue weighted by atomic mass is 10.1. The molecular formula is C30H59N5O4Si3. The summed E-state index contributed by atoms with van der Waals surface area (Å²) in [6, 6.07) is 0. The van der Waals surface area contributed by atoms with Gasteiger partial charge in [0.1, 0.15) is 24.6 Å². The number of rotatable bonds is 9. The van der Waals surface area contributed by atoms with Gasteiger partial charge in [-0.05, 0) is 54.4 Å². The van der Waals surface area contributed by atoms with E-state index in [4.69, 9.17) is 23.0 Å². The third-order valence-electron chi connectivity index (χ3n) is 10.2. The predicted octanol–water partition coefficient (Wildman–Crippen LogP) is 7.59. The summed E-state index contributed by atoms with van der Waals surface area (Å²) < 4.78 is 30.4. The van der Waals surface area contributed by atoms with Crippen LogP contribution in [0.25, 0.3) is 11.2 Å². The van der Waals surface area contributed by atoms with Crippen LogP contribution in [0.5, 0.6) is 0 Å². The summed E-state index contributed by atoms with van der Waals surface area (Å²) >= 11 is 0. The molecule has 0 bridgehead atoms. The number of aromatic nitrogens is 4. The standard InChI is InChI=1S/C30H59N5O4Si3/c1-28(2,3)40(12,13)36-18-21-23(38-41(14,15)29(4,5)6)24(39-42(16,17)30(7,8)9)27(37-21)35-20-33-22-25(34(10)11)31-19-32-26(22)35/h19-21,23-24,27H,18H2,1-17H3/t21-,23-,24-,27-/m1/s1. The molecular weight excluding hydrogens is 579 g/mol. The Balaban J connectivity index is 2.18. The van der Waals surface area contributed by atoms with Crippen LogP contribution in [0, 0.1) is 0 Å². The third-order valence-corrected chi connectivity index (χ3v) is 23.7. The van der Waals surface area contributed by atoms with Gasteiger partial charge in [0.25, 0.3) is 0 Å². The minimum absolute atomic E-state index is 0.00602. The summed E-state index contributed by atoms with van der Waals surface area (Å²) in [7, 11) is -2.60. The van der Waals surface area contributed by atoms with E-state index in [0.29, 0.717) is 6.61 Å². The van der Waals surface area contributed by atoms with Crippen molar-refractivity contribution in [2.75, 3.05) is 25.6 Å². The van der Waals surface area contributed by atoms with Crippen molar-refractivity contribution in [2.45, 2.75) is 141 Å². The molecule has 0 aliphatic carbocycles. The zero-order chi connectivity index (χ0) is 32.3. The van der Waals surface area contributed by atoms with E-state index in [1.54, 1.807) is 6.33 Å². The van der Waals surface area contributed by atoms with Crippen LogP contribution in [-0.4, -0.2) is 83.5 Å². The average Bonchev–Trinajstić information content (AvgIpc) is 3.36. The summed E-state index contributed by atoms with van der Waals surface area (Å²) in [5.41, 5.74) is 1.46. The summed E-state index contributed by atoms with van der Waals surface area (Å²) in [6.07, 6.45) is 1.97. The van der Waals surface area contributed by atoms with Crippen molar-refractivity contribution in [1.82, 2.24) is 19.5 Å². The van der Waals surface area contributed by atoms with Crippen molar-refractivity contribution in [3.05, 3.63) is 12.7 Å². The van der Waals surface area contributed by atoms with Crippen molar-refractivity contribution < 1.29 is 18.0 Å². The van der Waals surface area contributed by atoms with Gasteiger partial charge in [0.2, 0.25) is 0 Å². The Morgan fingerprint density at radius 1 is 0.762 bits per heavy atom. The van der Waals surface area contributed by atoms with Crippen LogP contribution in [0.1, 0.15) is 68.5 Å². The van der Waals surface area contributed by atoms with E-state index in [1.807, 2.05) is 29.9 Å². The zero-order valence-electron chi connectivity index (χ0n) is 29.5. The molecule has 0 amide bonds. The number of anilines is 1. The molecule has 0 radical (unpaired) electrons. The highest BCUT2D eigenvalue weighted by atomic mass is 28.4. The minimum Gasteiger partial charge on any atom is -0.414 e. The molecule has 0 saturated carbocycles. The number of ether oxygens (including phenoxy) is 1. The van der Waals surface area contributed by atoms with Crippen molar-refractivity contribution in [3.63, 3.8) is 0 Å². The number of imidazole rings is 1. The molecule has 1 fully saturated rings. The first-order valence-corrected chi connectivity index (χ1v) is 24.0. The molecule has 42 heavy (non-hydrogen) atoms. The summed E-state index contributed by atoms with van der Waals surface area (Å²) in [5, 5.41) is 0.108. The highest BCUT2D eigenvalue weighted by Crippen LogP contribution is 2.47. The van der Waals surface area contributed by atoms with Gasteiger partial charge in [-0.2, -0.15) is 0 Å². The molecule has 2 aromatic rings. The maximum absolute atomic E-state index is 7.29. The van der Waals surface area contributed by atoms with E-state index in [0.717, 1.165) is 17.0 Å². The highest BCUT2D eigenvalue weighted by Gasteiger charge is 2.55. The third kappa shape index (κ3) is 7.05. The topological polar surface area (TPSA) is 83.8 Å². The largest absolute Gasteiger partial charge is 0.414 e. The van der Waals surface area contributed by atoms with Crippen molar-refractivity contribution in [3.8, 4) is 0 Å². The van der Waals surface area contributed by atoms with Crippen LogP contribution in [0.2, 0.25) is 54.4 Å². The molecule has 1 aliphatic heterocycles. The van der Waals surface area contributed by atoms with E-state index >= 15 is 0 Å². The van der Waals surface area contributed by atoms with E-state index in [-0.39, 0.29) is 33.4 Å². The molecule has 3 heterocycles. The second-order valence-electron chi connectivity index (χ2n) is 16.7. The van der Waals surface area contributed by atoms with Gasteiger partial charge in [-0.25, -0.2) is 15.0 Å². The number of hydrogen-bond acceptors (Lipinski definition) is 8. The minimum atomic E-state index is -2.25. The number of hydrogen-bond donors (Lipinski definition) is 0. The van der Waals surface area contributed by atoms with Crippen molar-refractivity contribution in [1.29, 1.82) is 0 Å². The maximum atomic E-state index is 7.29. The average molecular weight is 638 g/mol. The van der Waals surface area contributed by atoms with E-state index in [1.165, 1.54) is 0 Å². The normalized spacial score (nSPS) is 23.2. The fraction of sp³-hybridized carbons (Fsp3) is 0.833. The Bertz CT molecular complexity index is 1230. The van der Waals surface area contributed by atoms with Crippen LogP contribution in [0.15, 0.2) is 12.7 Å². The second kappa shape index (κ2) is 11.6. The van der Waals surface area contributed by atoms with E-state index in [2.05, 4.69) is 112 Å². The van der Waals surface area contributed by atoms with Gasteiger partial charge in [-0.1, -0.05) is 62.3 Å². The monoisotopic (exact) mass is 637 g/mol. The highest BCUT2D eigenvalue weighted by molar-refractivity contribution is 6.75. The molecule has 0 spiro atoms. The number of fused-ring (bicyclic) bond motifs is 1. The fourth-order valence-corrected chi connectivity index (χ4v) is 7.85. The SMILES string of the molecule is CN(C)c1ncnc2c1ncn2[C@@H]1O[C@H](CO[Si](C)(C)C(C)(C)C)[C@@H](O[Si](C)(C)C(C)(C)C)[C@H]1O[Si](C)(C)C(C)(C)C. The van der Waals surface area contributed by atoms with E-state index in [9.17, 15) is 0 Å². The number of nitrogens with zero attached hydrogens (tertiary/aromatic N) is 5. The van der Waals surface area contributed by atoms with Crippen molar-refractivity contribution >= 4 is 41.9 Å². The van der Waals surface area contributed by atoms with Gasteiger partial charge in [0.05, 0.1) is 12.9 Å². The fourth-order valence-electron chi connectivity index (χ4n) is 4.23. The molecule has 3 rings (SSSR count). The van der Waals surface area contributed by atoms with Crippen LogP contribution < -0.4 is 4.90 Å². The second-order valence-corrected chi connectivity index (χ2v) is 31.1. The van der Waals surface area contributed by atoms with Gasteiger partial charge in [0.15, 0.2) is 48.2 Å². The van der Waals surface area contributed by atoms with Crippen LogP contribution in [0.4, 0.5) is 5.82 Å². The molecule has 2 aromatic heterocycles. The molecule has 0 N–H and O–H groups in total. The summed E-state index contributed by atoms with van der Waals surface area (Å²) in [4.78, 5) is 15.9. The first-order chi connectivity index (χ1) is 18.8. The maximum Gasteiger partial charge on any atom is 0.192 e. The van der Waals surface area contributed by atoms with Crippen LogP contribution in [-0.2, 0) is 18.0 Å².